The molecule has 0 aliphatic carbocycles. The summed E-state index contributed by atoms with van der Waals surface area (Å²) in [5, 5.41) is 22.0. The van der Waals surface area contributed by atoms with Crippen molar-refractivity contribution in [1.82, 2.24) is 0 Å². The standard InChI is InChI=1S/C14H9ClN2O5/c15-12-7-9(4-5-11(12)14(19)20)16-13(18)8-2-1-3-10(6-8)17(21)22/h1-7H,(H,16,18)(H,19,20). The van der Waals surface area contributed by atoms with E-state index in [1.165, 1.54) is 36.4 Å². The predicted octanol–water partition coefficient (Wildman–Crippen LogP) is 3.20. The number of carbonyl (C=O) groups is 2. The summed E-state index contributed by atoms with van der Waals surface area (Å²) in [5.74, 6) is -1.75. The number of carbonyl (C=O) groups excluding carboxylic acids is 1. The zero-order chi connectivity index (χ0) is 16.3. The van der Waals surface area contributed by atoms with Gasteiger partial charge in [-0.2, -0.15) is 0 Å². The summed E-state index contributed by atoms with van der Waals surface area (Å²) in [6.07, 6.45) is 0. The molecule has 112 valence electrons. The number of nitrogens with zero attached hydrogens (tertiary/aromatic N) is 1. The first-order chi connectivity index (χ1) is 10.4. The summed E-state index contributed by atoms with van der Waals surface area (Å²) < 4.78 is 0. The van der Waals surface area contributed by atoms with Gasteiger partial charge >= 0.3 is 5.97 Å². The van der Waals surface area contributed by atoms with Gasteiger partial charge in [0, 0.05) is 23.4 Å². The van der Waals surface area contributed by atoms with Crippen LogP contribution in [0.15, 0.2) is 42.5 Å². The van der Waals surface area contributed by atoms with Crippen LogP contribution in [0, 0.1) is 10.1 Å². The number of amides is 1. The van der Waals surface area contributed by atoms with Gasteiger partial charge in [0.1, 0.15) is 0 Å². The lowest BCUT2D eigenvalue weighted by Crippen LogP contribution is -2.12. The molecule has 0 aromatic heterocycles. The summed E-state index contributed by atoms with van der Waals surface area (Å²) in [5.41, 5.74) is 0.0982. The number of anilines is 1. The van der Waals surface area contributed by atoms with E-state index in [0.29, 0.717) is 0 Å². The molecule has 2 aromatic carbocycles. The van der Waals surface area contributed by atoms with E-state index < -0.39 is 16.8 Å². The molecule has 1 amide bonds. The summed E-state index contributed by atoms with van der Waals surface area (Å²) in [6.45, 7) is 0. The highest BCUT2D eigenvalue weighted by Crippen LogP contribution is 2.22. The monoisotopic (exact) mass is 320 g/mol. The lowest BCUT2D eigenvalue weighted by Gasteiger charge is -2.07. The van der Waals surface area contributed by atoms with Crippen LogP contribution in [0.1, 0.15) is 20.7 Å². The molecule has 0 saturated heterocycles. The predicted molar refractivity (Wildman–Crippen MR) is 79.5 cm³/mol. The van der Waals surface area contributed by atoms with Crippen LogP contribution < -0.4 is 5.32 Å². The molecule has 0 saturated carbocycles. The molecule has 22 heavy (non-hydrogen) atoms. The number of nitrogens with one attached hydrogen (secondary N) is 1. The number of hydrogen-bond donors (Lipinski definition) is 2. The van der Waals surface area contributed by atoms with Gasteiger partial charge < -0.3 is 10.4 Å². The SMILES string of the molecule is O=C(Nc1ccc(C(=O)O)c(Cl)c1)c1cccc([N+](=O)[O-])c1. The number of halogens is 1. The quantitative estimate of drug-likeness (QED) is 0.664. The van der Waals surface area contributed by atoms with Gasteiger partial charge in [0.05, 0.1) is 15.5 Å². The number of rotatable bonds is 4. The van der Waals surface area contributed by atoms with Gasteiger partial charge in [-0.25, -0.2) is 4.79 Å². The fraction of sp³-hybridized carbons (Fsp3) is 0. The van der Waals surface area contributed by atoms with E-state index in [4.69, 9.17) is 16.7 Å². The lowest BCUT2D eigenvalue weighted by atomic mass is 10.1. The molecule has 0 atom stereocenters. The second kappa shape index (κ2) is 6.23. The second-order valence-electron chi connectivity index (χ2n) is 4.26. The van der Waals surface area contributed by atoms with Gasteiger partial charge in [-0.1, -0.05) is 17.7 Å². The van der Waals surface area contributed by atoms with Gasteiger partial charge in [0.2, 0.25) is 0 Å². The molecule has 0 aliphatic heterocycles. The Morgan fingerprint density at radius 2 is 1.91 bits per heavy atom. The Labute approximate surface area is 129 Å². The van der Waals surface area contributed by atoms with E-state index in [1.807, 2.05) is 0 Å². The Bertz CT molecular complexity index is 776. The number of benzene rings is 2. The third-order valence-electron chi connectivity index (χ3n) is 2.78. The van der Waals surface area contributed by atoms with Crippen LogP contribution in [0.5, 0.6) is 0 Å². The van der Waals surface area contributed by atoms with Crippen molar-refractivity contribution in [3.63, 3.8) is 0 Å². The summed E-state index contributed by atoms with van der Waals surface area (Å²) in [7, 11) is 0. The normalized spacial score (nSPS) is 10.0. The van der Waals surface area contributed by atoms with Crippen LogP contribution in [0.2, 0.25) is 5.02 Å². The summed E-state index contributed by atoms with van der Waals surface area (Å²) in [4.78, 5) is 32.9. The first-order valence-corrected chi connectivity index (χ1v) is 6.35. The van der Waals surface area contributed by atoms with Crippen LogP contribution in [-0.2, 0) is 0 Å². The number of nitro groups is 1. The maximum atomic E-state index is 12.0. The van der Waals surface area contributed by atoms with E-state index >= 15 is 0 Å². The van der Waals surface area contributed by atoms with E-state index in [-0.39, 0.29) is 27.5 Å². The van der Waals surface area contributed by atoms with Gasteiger partial charge in [0.15, 0.2) is 0 Å². The first kappa shape index (κ1) is 15.5. The van der Waals surface area contributed by atoms with Crippen molar-refractivity contribution in [3.05, 3.63) is 68.7 Å². The van der Waals surface area contributed by atoms with Crippen LogP contribution >= 0.6 is 11.6 Å². The minimum absolute atomic E-state index is 0.0238. The highest BCUT2D eigenvalue weighted by Gasteiger charge is 2.13. The number of carboxylic acids is 1. The van der Waals surface area contributed by atoms with Crippen LogP contribution in [-0.4, -0.2) is 21.9 Å². The Morgan fingerprint density at radius 3 is 2.50 bits per heavy atom. The zero-order valence-electron chi connectivity index (χ0n) is 10.9. The molecule has 0 unspecified atom stereocenters. The van der Waals surface area contributed by atoms with Gasteiger partial charge in [-0.05, 0) is 24.3 Å². The van der Waals surface area contributed by atoms with Crippen LogP contribution in [0.3, 0.4) is 0 Å². The molecule has 0 radical (unpaired) electrons. The van der Waals surface area contributed by atoms with Crippen LogP contribution in [0.25, 0.3) is 0 Å². The second-order valence-corrected chi connectivity index (χ2v) is 4.67. The number of nitro benzene ring substituents is 1. The number of hydrogen-bond acceptors (Lipinski definition) is 4. The van der Waals surface area contributed by atoms with Crippen molar-refractivity contribution < 1.29 is 19.6 Å². The minimum atomic E-state index is -1.18. The highest BCUT2D eigenvalue weighted by molar-refractivity contribution is 6.33. The molecule has 0 fully saturated rings. The number of carboxylic acid groups (broad SMARTS) is 1. The molecule has 0 aliphatic rings. The van der Waals surface area contributed by atoms with Gasteiger partial charge in [-0.15, -0.1) is 0 Å². The van der Waals surface area contributed by atoms with Crippen molar-refractivity contribution >= 4 is 34.9 Å². The van der Waals surface area contributed by atoms with E-state index in [2.05, 4.69) is 5.32 Å². The molecule has 2 rings (SSSR count). The Hall–Kier alpha value is -2.93. The maximum Gasteiger partial charge on any atom is 0.337 e. The molecular formula is C14H9ClN2O5. The largest absolute Gasteiger partial charge is 0.478 e. The van der Waals surface area contributed by atoms with Crippen molar-refractivity contribution in [1.29, 1.82) is 0 Å². The minimum Gasteiger partial charge on any atom is -0.478 e. The number of aromatic carboxylic acids is 1. The average Bonchev–Trinajstić information content (AvgIpc) is 2.47. The van der Waals surface area contributed by atoms with Gasteiger partial charge in [-0.3, -0.25) is 14.9 Å². The van der Waals surface area contributed by atoms with Crippen molar-refractivity contribution in [3.8, 4) is 0 Å². The highest BCUT2D eigenvalue weighted by atomic mass is 35.5. The molecule has 2 aromatic rings. The molecule has 8 heteroatoms. The molecular weight excluding hydrogens is 312 g/mol. The maximum absolute atomic E-state index is 12.0. The van der Waals surface area contributed by atoms with Crippen LogP contribution in [0.4, 0.5) is 11.4 Å². The van der Waals surface area contributed by atoms with Crippen molar-refractivity contribution in [2.75, 3.05) is 5.32 Å². The molecule has 0 heterocycles. The third-order valence-corrected chi connectivity index (χ3v) is 3.09. The van der Waals surface area contributed by atoms with Crippen molar-refractivity contribution in [2.45, 2.75) is 0 Å². The zero-order valence-corrected chi connectivity index (χ0v) is 11.7. The molecule has 0 bridgehead atoms. The average molecular weight is 321 g/mol. The topological polar surface area (TPSA) is 110 Å². The van der Waals surface area contributed by atoms with Gasteiger partial charge in [0.25, 0.3) is 11.6 Å². The smallest absolute Gasteiger partial charge is 0.337 e. The Morgan fingerprint density at radius 1 is 1.18 bits per heavy atom. The molecule has 7 nitrogen and oxygen atoms in total. The molecule has 0 spiro atoms. The first-order valence-electron chi connectivity index (χ1n) is 5.97. The number of non-ortho nitro benzene ring substituents is 1. The Balaban J connectivity index is 2.22. The molecule has 2 N–H and O–H groups in total. The van der Waals surface area contributed by atoms with E-state index in [0.717, 1.165) is 6.07 Å². The van der Waals surface area contributed by atoms with E-state index in [1.54, 1.807) is 0 Å². The summed E-state index contributed by atoms with van der Waals surface area (Å²) >= 11 is 5.80. The summed E-state index contributed by atoms with van der Waals surface area (Å²) in [6, 6.07) is 9.17. The third kappa shape index (κ3) is 3.39. The fourth-order valence-electron chi connectivity index (χ4n) is 1.73. The van der Waals surface area contributed by atoms with E-state index in [9.17, 15) is 19.7 Å². The Kier molecular flexibility index (Phi) is 4.38. The fourth-order valence-corrected chi connectivity index (χ4v) is 1.99. The van der Waals surface area contributed by atoms with Crippen molar-refractivity contribution in [2.24, 2.45) is 0 Å². The lowest BCUT2D eigenvalue weighted by molar-refractivity contribution is -0.384.